The maximum atomic E-state index is 12.8. The Morgan fingerprint density at radius 2 is 0.929 bits per heavy atom. The van der Waals surface area contributed by atoms with Crippen LogP contribution in [0.1, 0.15) is 106 Å². The molecule has 6 heteroatoms. The minimum atomic E-state index is -1.31. The van der Waals surface area contributed by atoms with Crippen molar-refractivity contribution < 1.29 is 29.0 Å². The van der Waals surface area contributed by atoms with Gasteiger partial charge in [-0.2, -0.15) is 0 Å². The lowest BCUT2D eigenvalue weighted by Crippen LogP contribution is -2.43. The molecule has 0 bridgehead atoms. The summed E-state index contributed by atoms with van der Waals surface area (Å²) in [5, 5.41) is 0. The number of unbranched alkanes of at least 4 members (excludes halogenated alkanes) is 2. The first kappa shape index (κ1) is 26.3. The smallest absolute Gasteiger partial charge is 0.298 e. The third-order valence-electron chi connectivity index (χ3n) is 5.81. The molecular weight excluding hydrogens is 360 g/mol. The second-order valence-electron chi connectivity index (χ2n) is 7.37. The lowest BCUT2D eigenvalue weighted by Gasteiger charge is -2.30. The van der Waals surface area contributed by atoms with Gasteiger partial charge in [0.15, 0.2) is 0 Å². The van der Waals surface area contributed by atoms with E-state index in [4.69, 9.17) is 9.78 Å². The van der Waals surface area contributed by atoms with Crippen LogP contribution in [-0.2, 0) is 29.0 Å². The fraction of sp³-hybridized carbons (Fsp3) is 0.818. The summed E-state index contributed by atoms with van der Waals surface area (Å²) in [4.78, 5) is 60.4. The molecule has 0 fully saturated rings. The monoisotopic (exact) mass is 398 g/mol. The number of rotatable bonds is 14. The van der Waals surface area contributed by atoms with Gasteiger partial charge < -0.3 is 0 Å². The molecule has 6 nitrogen and oxygen atoms in total. The Morgan fingerprint density at radius 1 is 0.607 bits per heavy atom. The van der Waals surface area contributed by atoms with Gasteiger partial charge in [0, 0.05) is 12.8 Å². The molecule has 0 aromatic rings. The molecule has 162 valence electrons. The zero-order valence-electron chi connectivity index (χ0n) is 18.5. The number of hydrogen-bond donors (Lipinski definition) is 0. The van der Waals surface area contributed by atoms with E-state index in [1.165, 1.54) is 0 Å². The molecule has 0 aromatic heterocycles. The van der Waals surface area contributed by atoms with E-state index in [1.54, 1.807) is 27.7 Å². The van der Waals surface area contributed by atoms with Gasteiger partial charge in [0.1, 0.15) is 22.4 Å². The fourth-order valence-electron chi connectivity index (χ4n) is 3.62. The number of carbonyl (C=O) groups excluding carboxylic acids is 4. The van der Waals surface area contributed by atoms with Crippen LogP contribution in [0.4, 0.5) is 0 Å². The van der Waals surface area contributed by atoms with Crippen LogP contribution in [0.2, 0.25) is 0 Å². The second kappa shape index (κ2) is 12.7. The lowest BCUT2D eigenvalue weighted by molar-refractivity contribution is -0.272. The highest BCUT2D eigenvalue weighted by Gasteiger charge is 2.48. The van der Waals surface area contributed by atoms with Crippen LogP contribution >= 0.6 is 0 Å². The van der Waals surface area contributed by atoms with Gasteiger partial charge in [0.05, 0.1) is 0 Å². The van der Waals surface area contributed by atoms with Gasteiger partial charge in [-0.05, 0) is 25.7 Å². The molecule has 0 N–H and O–H groups in total. The Balaban J connectivity index is 5.52. The van der Waals surface area contributed by atoms with Crippen LogP contribution in [-0.4, -0.2) is 23.5 Å². The molecule has 2 unspecified atom stereocenters. The SMILES string of the molecule is CCCCC(CC)(C(=O)CC)C(=O)OOC(=O)C(CC)(CCCC)C(=O)CC. The highest BCUT2D eigenvalue weighted by atomic mass is 17.2. The van der Waals surface area contributed by atoms with Crippen LogP contribution < -0.4 is 0 Å². The van der Waals surface area contributed by atoms with Crippen molar-refractivity contribution >= 4 is 23.5 Å². The summed E-state index contributed by atoms with van der Waals surface area (Å²) in [5.74, 6) is -2.12. The second-order valence-corrected chi connectivity index (χ2v) is 7.37. The van der Waals surface area contributed by atoms with Gasteiger partial charge in [-0.25, -0.2) is 19.4 Å². The van der Waals surface area contributed by atoms with E-state index in [9.17, 15) is 19.2 Å². The van der Waals surface area contributed by atoms with E-state index < -0.39 is 22.8 Å². The molecule has 0 saturated heterocycles. The van der Waals surface area contributed by atoms with Gasteiger partial charge in [-0.3, -0.25) is 9.59 Å². The third kappa shape index (κ3) is 5.89. The van der Waals surface area contributed by atoms with Crippen molar-refractivity contribution in [3.05, 3.63) is 0 Å². The van der Waals surface area contributed by atoms with E-state index in [2.05, 4.69) is 0 Å². The van der Waals surface area contributed by atoms with Crippen molar-refractivity contribution in [1.82, 2.24) is 0 Å². The molecule has 0 aliphatic carbocycles. The number of Topliss-reactive ketones (excluding diaryl/α,β-unsaturated/α-hetero) is 2. The van der Waals surface area contributed by atoms with Crippen molar-refractivity contribution in [3.63, 3.8) is 0 Å². The number of ketones is 2. The van der Waals surface area contributed by atoms with E-state index in [0.717, 1.165) is 12.8 Å². The molecule has 2 atom stereocenters. The van der Waals surface area contributed by atoms with Crippen molar-refractivity contribution in [2.45, 2.75) is 106 Å². The summed E-state index contributed by atoms with van der Waals surface area (Å²) in [5.41, 5.74) is -2.61. The number of hydrogen-bond acceptors (Lipinski definition) is 6. The predicted octanol–water partition coefficient (Wildman–Crippen LogP) is 5.12. The highest BCUT2D eigenvalue weighted by Crippen LogP contribution is 2.36. The van der Waals surface area contributed by atoms with Gasteiger partial charge in [0.2, 0.25) is 0 Å². The minimum Gasteiger partial charge on any atom is -0.298 e. The summed E-state index contributed by atoms with van der Waals surface area (Å²) in [7, 11) is 0. The van der Waals surface area contributed by atoms with Gasteiger partial charge in [-0.15, -0.1) is 0 Å². The van der Waals surface area contributed by atoms with Crippen LogP contribution in [0, 0.1) is 10.8 Å². The first-order valence-corrected chi connectivity index (χ1v) is 10.8. The van der Waals surface area contributed by atoms with Crippen molar-refractivity contribution in [3.8, 4) is 0 Å². The highest BCUT2D eigenvalue weighted by molar-refractivity contribution is 6.05. The zero-order chi connectivity index (χ0) is 21.8. The maximum Gasteiger partial charge on any atom is 0.368 e. The van der Waals surface area contributed by atoms with Crippen molar-refractivity contribution in [2.24, 2.45) is 10.8 Å². The third-order valence-corrected chi connectivity index (χ3v) is 5.81. The normalized spacial score (nSPS) is 15.2. The average molecular weight is 399 g/mol. The molecule has 0 saturated carbocycles. The lowest BCUT2D eigenvalue weighted by atomic mass is 9.75. The molecule has 28 heavy (non-hydrogen) atoms. The summed E-state index contributed by atoms with van der Waals surface area (Å²) < 4.78 is 0. The summed E-state index contributed by atoms with van der Waals surface area (Å²) >= 11 is 0. The Hall–Kier alpha value is -1.72. The minimum absolute atomic E-state index is 0.199. The number of carbonyl (C=O) groups is 4. The van der Waals surface area contributed by atoms with E-state index in [0.29, 0.717) is 25.7 Å². The van der Waals surface area contributed by atoms with Crippen LogP contribution in [0.25, 0.3) is 0 Å². The van der Waals surface area contributed by atoms with Crippen molar-refractivity contribution in [2.75, 3.05) is 0 Å². The first-order chi connectivity index (χ1) is 13.3. The summed E-state index contributed by atoms with van der Waals surface area (Å²) in [6.45, 7) is 10.9. The van der Waals surface area contributed by atoms with Crippen LogP contribution in [0.3, 0.4) is 0 Å². The molecule has 0 amide bonds. The Bertz CT molecular complexity index is 493. The summed E-state index contributed by atoms with van der Waals surface area (Å²) in [6.07, 6.45) is 4.68. The molecule has 0 radical (unpaired) electrons. The molecular formula is C22H38O6. The van der Waals surface area contributed by atoms with Crippen LogP contribution in [0.15, 0.2) is 0 Å². The maximum absolute atomic E-state index is 12.8. The van der Waals surface area contributed by atoms with Gasteiger partial charge in [0.25, 0.3) is 0 Å². The van der Waals surface area contributed by atoms with Crippen LogP contribution in [0.5, 0.6) is 0 Å². The predicted molar refractivity (Wildman–Crippen MR) is 107 cm³/mol. The van der Waals surface area contributed by atoms with Gasteiger partial charge in [-0.1, -0.05) is 67.2 Å². The molecule has 0 aliphatic heterocycles. The topological polar surface area (TPSA) is 86.7 Å². The Kier molecular flexibility index (Phi) is 11.9. The molecule has 0 aliphatic rings. The Labute approximate surface area is 169 Å². The first-order valence-electron chi connectivity index (χ1n) is 10.8. The molecule has 0 spiro atoms. The van der Waals surface area contributed by atoms with Gasteiger partial charge >= 0.3 is 11.9 Å². The molecule has 0 rings (SSSR count). The van der Waals surface area contributed by atoms with E-state index in [1.807, 2.05) is 13.8 Å². The molecule has 0 heterocycles. The van der Waals surface area contributed by atoms with Crippen molar-refractivity contribution in [1.29, 1.82) is 0 Å². The largest absolute Gasteiger partial charge is 0.368 e. The summed E-state index contributed by atoms with van der Waals surface area (Å²) in [6, 6.07) is 0. The fourth-order valence-corrected chi connectivity index (χ4v) is 3.62. The quantitative estimate of drug-likeness (QED) is 0.229. The van der Waals surface area contributed by atoms with E-state index >= 15 is 0 Å². The average Bonchev–Trinajstić information content (AvgIpc) is 2.72. The molecule has 0 aromatic carbocycles. The standard InChI is InChI=1S/C22H38O6/c1-7-13-15-21(11-5,17(23)9-3)19(25)27-28-20(26)22(12-6,16-14-8-2)18(24)10-4/h7-16H2,1-6H3. The Morgan fingerprint density at radius 3 is 1.14 bits per heavy atom. The zero-order valence-corrected chi connectivity index (χ0v) is 18.5. The van der Waals surface area contributed by atoms with E-state index in [-0.39, 0.29) is 37.2 Å².